The monoisotopic (exact) mass is 241 g/mol. The zero-order valence-corrected chi connectivity index (χ0v) is 10.2. The maximum atomic E-state index is 12.1. The van der Waals surface area contributed by atoms with Crippen molar-refractivity contribution in [3.8, 4) is 0 Å². The minimum atomic E-state index is -0.932. The molecule has 0 radical (unpaired) electrons. The third-order valence-electron chi connectivity index (χ3n) is 2.98. The van der Waals surface area contributed by atoms with Gasteiger partial charge in [0.2, 0.25) is 5.91 Å². The number of rotatable bonds is 4. The number of carbonyl (C=O) groups excluding carboxylic acids is 1. The van der Waals surface area contributed by atoms with Crippen molar-refractivity contribution in [2.75, 3.05) is 13.6 Å². The Hall–Kier alpha value is -1.36. The third-order valence-corrected chi connectivity index (χ3v) is 2.98. The second-order valence-corrected chi connectivity index (χ2v) is 4.56. The van der Waals surface area contributed by atoms with Gasteiger partial charge in [-0.05, 0) is 19.8 Å². The Morgan fingerprint density at radius 3 is 2.35 bits per heavy atom. The summed E-state index contributed by atoms with van der Waals surface area (Å²) in [5, 5.41) is 18.3. The Morgan fingerprint density at radius 1 is 1.35 bits per heavy atom. The summed E-state index contributed by atoms with van der Waals surface area (Å²) < 4.78 is 0. The van der Waals surface area contributed by atoms with Crippen LogP contribution in [0.4, 0.5) is 0 Å². The molecular weight excluding hydrogens is 222 g/mol. The Bertz CT molecular complexity index is 324. The summed E-state index contributed by atoms with van der Waals surface area (Å²) in [6, 6.07) is 0. The van der Waals surface area contributed by atoms with E-state index in [1.165, 1.54) is 4.90 Å². The van der Waals surface area contributed by atoms with Crippen LogP contribution >= 0.6 is 0 Å². The molecule has 0 saturated carbocycles. The molecule has 96 valence electrons. The van der Waals surface area contributed by atoms with Gasteiger partial charge in [-0.2, -0.15) is 0 Å². The Labute approximate surface area is 101 Å². The molecule has 17 heavy (non-hydrogen) atoms. The molecule has 0 heterocycles. The standard InChI is InChI=1S/C12H19NO4/c1-8(14)7-13(2)11(15)9-5-3-4-6-10(9)12(16)17/h3-4,8-10,14H,5-7H2,1-2H3,(H,16,17)/t8?,9-,10+/m1/s1. The van der Waals surface area contributed by atoms with Gasteiger partial charge < -0.3 is 15.1 Å². The number of amides is 1. The van der Waals surface area contributed by atoms with Crippen molar-refractivity contribution in [2.45, 2.75) is 25.9 Å². The molecule has 1 aliphatic rings. The molecule has 1 unspecified atom stereocenters. The van der Waals surface area contributed by atoms with E-state index >= 15 is 0 Å². The predicted octanol–water partition coefficient (Wildman–Crippen LogP) is 0.493. The molecule has 5 nitrogen and oxygen atoms in total. The lowest BCUT2D eigenvalue weighted by molar-refractivity contribution is -0.150. The summed E-state index contributed by atoms with van der Waals surface area (Å²) >= 11 is 0. The SMILES string of the molecule is CC(O)CN(C)C(=O)[C@@H]1CC=CC[C@@H]1C(=O)O. The van der Waals surface area contributed by atoms with Gasteiger partial charge in [0.1, 0.15) is 0 Å². The number of hydrogen-bond donors (Lipinski definition) is 2. The highest BCUT2D eigenvalue weighted by molar-refractivity contribution is 5.85. The average Bonchev–Trinajstić information content (AvgIpc) is 2.27. The van der Waals surface area contributed by atoms with E-state index in [4.69, 9.17) is 5.11 Å². The second-order valence-electron chi connectivity index (χ2n) is 4.56. The number of aliphatic hydroxyl groups excluding tert-OH is 1. The lowest BCUT2D eigenvalue weighted by Crippen LogP contribution is -2.42. The number of likely N-dealkylation sites (N-methyl/N-ethyl adjacent to an activating group) is 1. The first-order chi connectivity index (χ1) is 7.93. The summed E-state index contributed by atoms with van der Waals surface area (Å²) in [5.74, 6) is -2.30. The molecular formula is C12H19NO4. The normalized spacial score (nSPS) is 25.4. The zero-order chi connectivity index (χ0) is 13.0. The van der Waals surface area contributed by atoms with Crippen LogP contribution in [0.2, 0.25) is 0 Å². The molecule has 0 aromatic rings. The quantitative estimate of drug-likeness (QED) is 0.702. The van der Waals surface area contributed by atoms with Crippen LogP contribution in [0.15, 0.2) is 12.2 Å². The van der Waals surface area contributed by atoms with Crippen LogP contribution in [0.25, 0.3) is 0 Å². The number of aliphatic carboxylic acids is 1. The average molecular weight is 241 g/mol. The van der Waals surface area contributed by atoms with Crippen molar-refractivity contribution in [3.63, 3.8) is 0 Å². The summed E-state index contributed by atoms with van der Waals surface area (Å²) in [5.41, 5.74) is 0. The van der Waals surface area contributed by atoms with E-state index in [-0.39, 0.29) is 12.5 Å². The summed E-state index contributed by atoms with van der Waals surface area (Å²) in [6.45, 7) is 1.82. The molecule has 1 amide bonds. The Morgan fingerprint density at radius 2 is 1.88 bits per heavy atom. The van der Waals surface area contributed by atoms with Crippen LogP contribution in [0.5, 0.6) is 0 Å². The van der Waals surface area contributed by atoms with E-state index in [2.05, 4.69) is 0 Å². The zero-order valence-electron chi connectivity index (χ0n) is 10.2. The van der Waals surface area contributed by atoms with E-state index in [9.17, 15) is 14.7 Å². The first-order valence-electron chi connectivity index (χ1n) is 5.74. The number of allylic oxidation sites excluding steroid dienone is 2. The maximum absolute atomic E-state index is 12.1. The molecule has 0 bridgehead atoms. The van der Waals surface area contributed by atoms with Crippen molar-refractivity contribution < 1.29 is 19.8 Å². The Kier molecular flexibility index (Phi) is 4.69. The van der Waals surface area contributed by atoms with E-state index in [0.717, 1.165) is 0 Å². The minimum absolute atomic E-state index is 0.206. The van der Waals surface area contributed by atoms with Crippen LogP contribution in [0.3, 0.4) is 0 Å². The molecule has 0 aromatic heterocycles. The lowest BCUT2D eigenvalue weighted by Gasteiger charge is -2.29. The second kappa shape index (κ2) is 5.82. The maximum Gasteiger partial charge on any atom is 0.307 e. The first-order valence-corrected chi connectivity index (χ1v) is 5.74. The largest absolute Gasteiger partial charge is 0.481 e. The summed E-state index contributed by atoms with van der Waals surface area (Å²) in [4.78, 5) is 24.5. The summed E-state index contributed by atoms with van der Waals surface area (Å²) in [6.07, 6.45) is 3.90. The van der Waals surface area contributed by atoms with Gasteiger partial charge >= 0.3 is 5.97 Å². The highest BCUT2D eigenvalue weighted by Gasteiger charge is 2.35. The van der Waals surface area contributed by atoms with Gasteiger partial charge in [-0.15, -0.1) is 0 Å². The number of carboxylic acid groups (broad SMARTS) is 1. The molecule has 0 aromatic carbocycles. The van der Waals surface area contributed by atoms with E-state index in [0.29, 0.717) is 12.8 Å². The van der Waals surface area contributed by atoms with Crippen LogP contribution in [-0.4, -0.2) is 46.7 Å². The van der Waals surface area contributed by atoms with Crippen molar-refractivity contribution in [1.82, 2.24) is 4.90 Å². The van der Waals surface area contributed by atoms with E-state index < -0.39 is 23.9 Å². The molecule has 0 spiro atoms. The number of carboxylic acids is 1. The van der Waals surface area contributed by atoms with Gasteiger partial charge in [0.05, 0.1) is 17.9 Å². The fourth-order valence-electron chi connectivity index (χ4n) is 2.13. The lowest BCUT2D eigenvalue weighted by atomic mass is 9.82. The highest BCUT2D eigenvalue weighted by Crippen LogP contribution is 2.27. The number of hydrogen-bond acceptors (Lipinski definition) is 3. The van der Waals surface area contributed by atoms with Gasteiger partial charge in [0, 0.05) is 13.6 Å². The van der Waals surface area contributed by atoms with E-state index in [1.54, 1.807) is 20.0 Å². The van der Waals surface area contributed by atoms with Crippen LogP contribution in [-0.2, 0) is 9.59 Å². The molecule has 1 rings (SSSR count). The molecule has 0 aliphatic heterocycles. The molecule has 0 fully saturated rings. The van der Waals surface area contributed by atoms with Gasteiger partial charge in [-0.1, -0.05) is 12.2 Å². The van der Waals surface area contributed by atoms with Gasteiger partial charge in [0.15, 0.2) is 0 Å². The van der Waals surface area contributed by atoms with Crippen molar-refractivity contribution in [2.24, 2.45) is 11.8 Å². The van der Waals surface area contributed by atoms with Crippen molar-refractivity contribution in [1.29, 1.82) is 0 Å². The number of aliphatic hydroxyl groups is 1. The van der Waals surface area contributed by atoms with Crippen molar-refractivity contribution in [3.05, 3.63) is 12.2 Å². The van der Waals surface area contributed by atoms with Crippen molar-refractivity contribution >= 4 is 11.9 Å². The van der Waals surface area contributed by atoms with Crippen LogP contribution in [0.1, 0.15) is 19.8 Å². The smallest absolute Gasteiger partial charge is 0.307 e. The molecule has 2 N–H and O–H groups in total. The van der Waals surface area contributed by atoms with Crippen LogP contribution < -0.4 is 0 Å². The van der Waals surface area contributed by atoms with Gasteiger partial charge in [0.25, 0.3) is 0 Å². The third kappa shape index (κ3) is 3.56. The number of nitrogens with zero attached hydrogens (tertiary/aromatic N) is 1. The Balaban J connectivity index is 2.72. The van der Waals surface area contributed by atoms with E-state index in [1.807, 2.05) is 6.08 Å². The minimum Gasteiger partial charge on any atom is -0.481 e. The molecule has 0 saturated heterocycles. The summed E-state index contributed by atoms with van der Waals surface area (Å²) in [7, 11) is 1.59. The van der Waals surface area contributed by atoms with Gasteiger partial charge in [-0.3, -0.25) is 9.59 Å². The first kappa shape index (κ1) is 13.7. The molecule has 5 heteroatoms. The number of carbonyl (C=O) groups is 2. The topological polar surface area (TPSA) is 77.8 Å². The van der Waals surface area contributed by atoms with Crippen LogP contribution in [0, 0.1) is 11.8 Å². The predicted molar refractivity (Wildman–Crippen MR) is 62.3 cm³/mol. The molecule has 1 aliphatic carbocycles. The fraction of sp³-hybridized carbons (Fsp3) is 0.667. The fourth-order valence-corrected chi connectivity index (χ4v) is 2.13. The highest BCUT2D eigenvalue weighted by atomic mass is 16.4. The molecule has 3 atom stereocenters. The van der Waals surface area contributed by atoms with Gasteiger partial charge in [-0.25, -0.2) is 0 Å².